The van der Waals surface area contributed by atoms with Crippen LogP contribution in [0.4, 0.5) is 10.3 Å². The van der Waals surface area contributed by atoms with E-state index in [0.717, 1.165) is 33.8 Å². The summed E-state index contributed by atoms with van der Waals surface area (Å²) in [6, 6.07) is 13.6. The van der Waals surface area contributed by atoms with Crippen molar-refractivity contribution in [1.82, 2.24) is 24.5 Å². The molecular formula is C23H25FN7O+. The summed E-state index contributed by atoms with van der Waals surface area (Å²) in [6.07, 6.45) is -0.554. The van der Waals surface area contributed by atoms with E-state index in [1.807, 2.05) is 56.3 Å². The number of nitrogens with zero attached hydrogens (tertiary/aromatic N) is 4. The van der Waals surface area contributed by atoms with Gasteiger partial charge < -0.3 is 5.32 Å². The van der Waals surface area contributed by atoms with Gasteiger partial charge in [-0.25, -0.2) is 14.2 Å². The maximum absolute atomic E-state index is 13.6. The van der Waals surface area contributed by atoms with Crippen LogP contribution in [0.5, 0.6) is 0 Å². The Bertz CT molecular complexity index is 1340. The zero-order chi connectivity index (χ0) is 22.4. The standard InChI is InChI=1S/C23H24FN7O/c1-13-8-16(9-14(2)27-13)19-20(15-6-4-3-5-7-15)28-22(25)31-21(19)29-30(23(31)32)12-18-10-17(24)11-26-18/h3-9,17-18,26H,10-12H2,1-2H3,(H2,25,28)/p+1/t17-,18-/m0/s1. The van der Waals surface area contributed by atoms with E-state index in [0.29, 0.717) is 18.6 Å². The van der Waals surface area contributed by atoms with Crippen LogP contribution in [-0.4, -0.2) is 37.9 Å². The largest absolute Gasteiger partial charge is 0.411 e. The Morgan fingerprint density at radius 3 is 2.56 bits per heavy atom. The van der Waals surface area contributed by atoms with Gasteiger partial charge in [-0.3, -0.25) is 10.7 Å². The number of halogens is 1. The predicted molar refractivity (Wildman–Crippen MR) is 120 cm³/mol. The van der Waals surface area contributed by atoms with Crippen LogP contribution in [-0.2, 0) is 6.54 Å². The summed E-state index contributed by atoms with van der Waals surface area (Å²) in [6.45, 7) is 4.43. The zero-order valence-corrected chi connectivity index (χ0v) is 18.0. The maximum Gasteiger partial charge on any atom is 0.411 e. The smallest absolute Gasteiger partial charge is 0.309 e. The Kier molecular flexibility index (Phi) is 4.97. The van der Waals surface area contributed by atoms with Crippen molar-refractivity contribution in [3.8, 4) is 22.4 Å². The number of nitrogens with one attached hydrogen (secondary N) is 2. The fourth-order valence-electron chi connectivity index (χ4n) is 4.46. The molecule has 0 spiro atoms. The molecule has 5 rings (SSSR count). The van der Waals surface area contributed by atoms with Crippen LogP contribution in [0, 0.1) is 13.8 Å². The molecule has 32 heavy (non-hydrogen) atoms. The van der Waals surface area contributed by atoms with Gasteiger partial charge in [-0.05, 0) is 38.0 Å². The molecule has 4 heterocycles. The molecule has 4 aromatic rings. The molecule has 1 aromatic carbocycles. The molecule has 0 amide bonds. The molecule has 0 radical (unpaired) electrons. The molecule has 3 aromatic heterocycles. The number of aryl methyl sites for hydroxylation is 2. The summed E-state index contributed by atoms with van der Waals surface area (Å²) < 4.78 is 16.4. The van der Waals surface area contributed by atoms with Gasteiger partial charge in [-0.15, -0.1) is 9.50 Å². The van der Waals surface area contributed by atoms with Gasteiger partial charge in [0.15, 0.2) is 0 Å². The quantitative estimate of drug-likeness (QED) is 0.511. The lowest BCUT2D eigenvalue weighted by Crippen LogP contribution is -2.33. The first-order chi connectivity index (χ1) is 15.4. The predicted octanol–water partition coefficient (Wildman–Crippen LogP) is 1.94. The summed E-state index contributed by atoms with van der Waals surface area (Å²) >= 11 is 0. The van der Waals surface area contributed by atoms with Crippen LogP contribution in [0.1, 0.15) is 17.8 Å². The van der Waals surface area contributed by atoms with Crippen molar-refractivity contribution in [2.24, 2.45) is 0 Å². The summed E-state index contributed by atoms with van der Waals surface area (Å²) in [4.78, 5) is 20.9. The molecule has 0 bridgehead atoms. The molecule has 0 saturated carbocycles. The number of aromatic amines is 1. The Labute approximate surface area is 183 Å². The molecule has 1 saturated heterocycles. The molecule has 9 heteroatoms. The van der Waals surface area contributed by atoms with Crippen molar-refractivity contribution in [1.29, 1.82) is 0 Å². The third-order valence-electron chi connectivity index (χ3n) is 5.80. The van der Waals surface area contributed by atoms with E-state index in [2.05, 4.69) is 20.4 Å². The number of nitrogen functional groups attached to an aromatic ring is 1. The number of anilines is 1. The molecule has 164 valence electrons. The van der Waals surface area contributed by atoms with E-state index in [4.69, 9.17) is 5.73 Å². The molecule has 8 nitrogen and oxygen atoms in total. The number of benzene rings is 1. The van der Waals surface area contributed by atoms with E-state index in [1.54, 1.807) is 0 Å². The third-order valence-corrected chi connectivity index (χ3v) is 5.80. The van der Waals surface area contributed by atoms with Crippen LogP contribution in [0.3, 0.4) is 0 Å². The summed E-state index contributed by atoms with van der Waals surface area (Å²) in [5.74, 6) is 0.184. The Hall–Kier alpha value is -3.59. The average molecular weight is 434 g/mol. The first kappa shape index (κ1) is 20.3. The number of alkyl halides is 1. The first-order valence-electron chi connectivity index (χ1n) is 10.6. The van der Waals surface area contributed by atoms with Crippen LogP contribution in [0.25, 0.3) is 28.0 Å². The number of pyridine rings is 1. The first-order valence-corrected chi connectivity index (χ1v) is 10.6. The summed E-state index contributed by atoms with van der Waals surface area (Å²) in [5, 5.41) is 7.78. The molecular weight excluding hydrogens is 409 g/mol. The number of fused-ring (bicyclic) bond motifs is 1. The van der Waals surface area contributed by atoms with Gasteiger partial charge in [0.25, 0.3) is 0 Å². The highest BCUT2D eigenvalue weighted by Crippen LogP contribution is 2.32. The molecule has 1 aliphatic heterocycles. The molecule has 0 aliphatic carbocycles. The van der Waals surface area contributed by atoms with Crippen molar-refractivity contribution >= 4 is 11.6 Å². The van der Waals surface area contributed by atoms with Gasteiger partial charge in [0.2, 0.25) is 5.65 Å². The average Bonchev–Trinajstić information content (AvgIpc) is 3.31. The molecule has 0 unspecified atom stereocenters. The topological polar surface area (TPSA) is 104 Å². The van der Waals surface area contributed by atoms with Crippen LogP contribution >= 0.6 is 0 Å². The maximum atomic E-state index is 13.6. The number of hydrogen-bond donors (Lipinski definition) is 2. The Morgan fingerprint density at radius 1 is 1.19 bits per heavy atom. The van der Waals surface area contributed by atoms with Gasteiger partial charge in [0.05, 0.1) is 12.1 Å². The number of rotatable bonds is 4. The second-order valence-corrected chi connectivity index (χ2v) is 8.33. The second kappa shape index (κ2) is 7.83. The molecule has 1 fully saturated rings. The van der Waals surface area contributed by atoms with E-state index >= 15 is 0 Å². The van der Waals surface area contributed by atoms with E-state index in [9.17, 15) is 9.18 Å². The third kappa shape index (κ3) is 3.54. The number of H-pyrrole nitrogens is 1. The lowest BCUT2D eigenvalue weighted by molar-refractivity contribution is -0.351. The van der Waals surface area contributed by atoms with E-state index < -0.39 is 6.17 Å². The fraction of sp³-hybridized carbons (Fsp3) is 0.304. The summed E-state index contributed by atoms with van der Waals surface area (Å²) in [5.41, 5.74) is 11.5. The lowest BCUT2D eigenvalue weighted by atomic mass is 9.99. The van der Waals surface area contributed by atoms with Crippen molar-refractivity contribution < 1.29 is 9.37 Å². The lowest BCUT2D eigenvalue weighted by Gasteiger charge is -2.10. The van der Waals surface area contributed by atoms with Crippen LogP contribution < -0.4 is 21.7 Å². The minimum absolute atomic E-state index is 0.153. The number of hydrogen-bond acceptors (Lipinski definition) is 5. The Morgan fingerprint density at radius 2 is 1.91 bits per heavy atom. The van der Waals surface area contributed by atoms with Crippen LogP contribution in [0.2, 0.25) is 0 Å². The van der Waals surface area contributed by atoms with Crippen molar-refractivity contribution in [2.75, 3.05) is 12.3 Å². The highest BCUT2D eigenvalue weighted by Gasteiger charge is 2.29. The van der Waals surface area contributed by atoms with Gasteiger partial charge in [-0.2, -0.15) is 4.68 Å². The Balaban J connectivity index is 1.78. The minimum Gasteiger partial charge on any atom is -0.309 e. The van der Waals surface area contributed by atoms with Crippen molar-refractivity contribution in [2.45, 2.75) is 39.0 Å². The van der Waals surface area contributed by atoms with Crippen LogP contribution in [0.15, 0.2) is 47.3 Å². The normalized spacial score (nSPS) is 18.5. The van der Waals surface area contributed by atoms with Crippen molar-refractivity contribution in [3.05, 3.63) is 64.3 Å². The second-order valence-electron chi connectivity index (χ2n) is 8.33. The minimum atomic E-state index is -0.908. The van der Waals surface area contributed by atoms with Crippen molar-refractivity contribution in [3.63, 3.8) is 0 Å². The monoisotopic (exact) mass is 434 g/mol. The SMILES string of the molecule is Cc1cc(-c2c(-c3ccccc3)[nH+]c(N)n3c(=O)n(C[C@@H]4C[C@H](F)CN4)nc23)cc(C)n1. The van der Waals surface area contributed by atoms with E-state index in [1.165, 1.54) is 9.08 Å². The van der Waals surface area contributed by atoms with Gasteiger partial charge in [-0.1, -0.05) is 30.3 Å². The summed E-state index contributed by atoms with van der Waals surface area (Å²) in [7, 11) is 0. The van der Waals surface area contributed by atoms with E-state index in [-0.39, 0.29) is 24.2 Å². The molecule has 1 aliphatic rings. The van der Waals surface area contributed by atoms with Gasteiger partial charge in [0.1, 0.15) is 11.9 Å². The number of nitrogens with two attached hydrogens (primary N) is 1. The highest BCUT2D eigenvalue weighted by atomic mass is 19.1. The molecule has 4 N–H and O–H groups in total. The highest BCUT2D eigenvalue weighted by molar-refractivity contribution is 5.88. The van der Waals surface area contributed by atoms with Gasteiger partial charge >= 0.3 is 11.6 Å². The number of aromatic nitrogens is 5. The van der Waals surface area contributed by atoms with Gasteiger partial charge in [0, 0.05) is 29.5 Å². The molecule has 2 atom stereocenters. The fourth-order valence-corrected chi connectivity index (χ4v) is 4.46. The zero-order valence-electron chi connectivity index (χ0n) is 18.0.